The molecule has 1 saturated heterocycles. The predicted octanol–water partition coefficient (Wildman–Crippen LogP) is 3.83. The highest BCUT2D eigenvalue weighted by molar-refractivity contribution is 5.80. The van der Waals surface area contributed by atoms with Crippen LogP contribution in [0.5, 0.6) is 11.5 Å². The molecule has 0 aliphatic carbocycles. The molecule has 164 valence electrons. The fourth-order valence-corrected chi connectivity index (χ4v) is 3.79. The number of rotatable bonds is 10. The van der Waals surface area contributed by atoms with Crippen molar-refractivity contribution in [2.24, 2.45) is 10.9 Å². The lowest BCUT2D eigenvalue weighted by Crippen LogP contribution is -2.43. The number of nitrogens with one attached hydrogen (secondary N) is 2. The summed E-state index contributed by atoms with van der Waals surface area (Å²) < 4.78 is 11.4. The monoisotopic (exact) mass is 404 g/mol. The first-order chi connectivity index (χ1) is 14.1. The van der Waals surface area contributed by atoms with E-state index >= 15 is 0 Å². The summed E-state index contributed by atoms with van der Waals surface area (Å²) in [6.45, 7) is 14.2. The second-order valence-corrected chi connectivity index (χ2v) is 7.68. The van der Waals surface area contributed by atoms with Crippen LogP contribution in [0.1, 0.15) is 58.6 Å². The zero-order chi connectivity index (χ0) is 21.1. The molecular weight excluding hydrogens is 364 g/mol. The zero-order valence-electron chi connectivity index (χ0n) is 19.0. The normalized spacial score (nSPS) is 17.1. The average Bonchev–Trinajstić information content (AvgIpc) is 2.73. The molecule has 1 aliphatic heterocycles. The van der Waals surface area contributed by atoms with Gasteiger partial charge in [0.05, 0.1) is 19.3 Å². The van der Waals surface area contributed by atoms with Crippen molar-refractivity contribution in [2.75, 3.05) is 46.4 Å². The van der Waals surface area contributed by atoms with Gasteiger partial charge in [0.25, 0.3) is 0 Å². The summed E-state index contributed by atoms with van der Waals surface area (Å²) in [5, 5.41) is 7.03. The zero-order valence-corrected chi connectivity index (χ0v) is 19.0. The third kappa shape index (κ3) is 7.42. The van der Waals surface area contributed by atoms with Gasteiger partial charge in [-0.3, -0.25) is 4.99 Å². The number of hydrogen-bond acceptors (Lipinski definition) is 4. The first kappa shape index (κ1) is 23.3. The van der Waals surface area contributed by atoms with Crippen LogP contribution in [0.15, 0.2) is 23.2 Å². The molecule has 0 aromatic heterocycles. The molecule has 6 heteroatoms. The second-order valence-electron chi connectivity index (χ2n) is 7.68. The summed E-state index contributed by atoms with van der Waals surface area (Å²) in [7, 11) is 1.83. The van der Waals surface area contributed by atoms with Crippen molar-refractivity contribution in [3.8, 4) is 11.5 Å². The number of guanidine groups is 1. The molecule has 0 saturated carbocycles. The van der Waals surface area contributed by atoms with E-state index in [2.05, 4.69) is 46.5 Å². The first-order valence-electron chi connectivity index (χ1n) is 11.2. The second kappa shape index (κ2) is 12.6. The van der Waals surface area contributed by atoms with E-state index in [-0.39, 0.29) is 6.04 Å². The fourth-order valence-electron chi connectivity index (χ4n) is 3.79. The van der Waals surface area contributed by atoms with Crippen molar-refractivity contribution >= 4 is 5.96 Å². The molecule has 1 aromatic carbocycles. The highest BCUT2D eigenvalue weighted by Crippen LogP contribution is 2.30. The molecule has 2 N–H and O–H groups in total. The van der Waals surface area contributed by atoms with Crippen LogP contribution in [-0.4, -0.2) is 57.3 Å². The fraction of sp³-hybridized carbons (Fsp3) is 0.696. The lowest BCUT2D eigenvalue weighted by Gasteiger charge is -2.32. The lowest BCUT2D eigenvalue weighted by molar-refractivity contribution is 0.185. The highest BCUT2D eigenvalue weighted by atomic mass is 16.5. The van der Waals surface area contributed by atoms with Gasteiger partial charge in [-0.15, -0.1) is 0 Å². The van der Waals surface area contributed by atoms with Gasteiger partial charge in [0, 0.05) is 13.6 Å². The summed E-state index contributed by atoms with van der Waals surface area (Å²) >= 11 is 0. The Morgan fingerprint density at radius 3 is 2.45 bits per heavy atom. The molecule has 0 radical (unpaired) electrons. The number of nitrogens with zero attached hydrogens (tertiary/aromatic N) is 2. The highest BCUT2D eigenvalue weighted by Gasteiger charge is 2.19. The molecule has 0 amide bonds. The van der Waals surface area contributed by atoms with E-state index < -0.39 is 0 Å². The Kier molecular flexibility index (Phi) is 10.1. The number of likely N-dealkylation sites (tertiary alicyclic amines) is 1. The Bertz CT molecular complexity index is 627. The van der Waals surface area contributed by atoms with Crippen LogP contribution in [0.4, 0.5) is 0 Å². The van der Waals surface area contributed by atoms with E-state index in [4.69, 9.17) is 9.47 Å². The van der Waals surface area contributed by atoms with Gasteiger partial charge in [0.15, 0.2) is 17.5 Å². The average molecular weight is 405 g/mol. The minimum Gasteiger partial charge on any atom is -0.490 e. The van der Waals surface area contributed by atoms with Crippen LogP contribution in [0.3, 0.4) is 0 Å². The van der Waals surface area contributed by atoms with Gasteiger partial charge in [-0.2, -0.15) is 0 Å². The quantitative estimate of drug-likeness (QED) is 0.458. The molecule has 1 heterocycles. The summed E-state index contributed by atoms with van der Waals surface area (Å²) in [6, 6.07) is 6.25. The maximum absolute atomic E-state index is 5.76. The maximum Gasteiger partial charge on any atom is 0.191 e. The minimum absolute atomic E-state index is 0.113. The number of piperidine rings is 1. The Morgan fingerprint density at radius 2 is 1.83 bits per heavy atom. The largest absolute Gasteiger partial charge is 0.490 e. The molecule has 2 rings (SSSR count). The number of hydrogen-bond donors (Lipinski definition) is 2. The van der Waals surface area contributed by atoms with Gasteiger partial charge in [-0.1, -0.05) is 13.0 Å². The van der Waals surface area contributed by atoms with Crippen molar-refractivity contribution < 1.29 is 9.47 Å². The Morgan fingerprint density at radius 1 is 1.14 bits per heavy atom. The molecule has 29 heavy (non-hydrogen) atoms. The Hall–Kier alpha value is -1.95. The molecule has 0 bridgehead atoms. The minimum atomic E-state index is 0.113. The Labute approximate surface area is 177 Å². The molecule has 1 atom stereocenters. The van der Waals surface area contributed by atoms with Crippen LogP contribution in [0.2, 0.25) is 0 Å². The predicted molar refractivity (Wildman–Crippen MR) is 121 cm³/mol. The Balaban J connectivity index is 1.88. The third-order valence-corrected chi connectivity index (χ3v) is 5.45. The molecule has 1 aliphatic rings. The van der Waals surface area contributed by atoms with Crippen LogP contribution >= 0.6 is 0 Å². The van der Waals surface area contributed by atoms with Crippen molar-refractivity contribution in [1.82, 2.24) is 15.5 Å². The van der Waals surface area contributed by atoms with Crippen LogP contribution < -0.4 is 20.1 Å². The van der Waals surface area contributed by atoms with E-state index in [1.807, 2.05) is 27.0 Å². The van der Waals surface area contributed by atoms with Crippen LogP contribution in [-0.2, 0) is 0 Å². The van der Waals surface area contributed by atoms with Gasteiger partial charge in [-0.25, -0.2) is 0 Å². The summed E-state index contributed by atoms with van der Waals surface area (Å²) in [5.74, 6) is 3.15. The SMILES string of the molecule is CCCN1CCC(CNC(=NC)NC(C)c2ccc(OCC)c(OCC)c2)CC1. The van der Waals surface area contributed by atoms with E-state index in [1.165, 1.54) is 38.9 Å². The van der Waals surface area contributed by atoms with E-state index in [1.54, 1.807) is 0 Å². The van der Waals surface area contributed by atoms with Gasteiger partial charge >= 0.3 is 0 Å². The number of benzene rings is 1. The third-order valence-electron chi connectivity index (χ3n) is 5.45. The smallest absolute Gasteiger partial charge is 0.191 e. The van der Waals surface area contributed by atoms with Crippen molar-refractivity contribution in [3.63, 3.8) is 0 Å². The molecular formula is C23H40N4O2. The summed E-state index contributed by atoms with van der Waals surface area (Å²) in [4.78, 5) is 6.99. The number of aliphatic imine (C=N–C) groups is 1. The van der Waals surface area contributed by atoms with Crippen LogP contribution in [0, 0.1) is 5.92 Å². The van der Waals surface area contributed by atoms with Crippen molar-refractivity contribution in [1.29, 1.82) is 0 Å². The van der Waals surface area contributed by atoms with E-state index in [0.717, 1.165) is 29.6 Å². The molecule has 1 fully saturated rings. The standard InChI is InChI=1S/C23H40N4O2/c1-6-13-27-14-11-19(12-15-27)17-25-23(24-5)26-18(4)20-9-10-21(28-7-2)22(16-20)29-8-3/h9-10,16,18-19H,6-8,11-15,17H2,1-5H3,(H2,24,25,26). The van der Waals surface area contributed by atoms with Crippen molar-refractivity contribution in [2.45, 2.75) is 53.0 Å². The van der Waals surface area contributed by atoms with Crippen LogP contribution in [0.25, 0.3) is 0 Å². The summed E-state index contributed by atoms with van der Waals surface area (Å²) in [6.07, 6.45) is 3.76. The van der Waals surface area contributed by atoms with Crippen molar-refractivity contribution in [3.05, 3.63) is 23.8 Å². The lowest BCUT2D eigenvalue weighted by atomic mass is 9.97. The van der Waals surface area contributed by atoms with E-state index in [0.29, 0.717) is 19.1 Å². The molecule has 0 spiro atoms. The maximum atomic E-state index is 5.76. The van der Waals surface area contributed by atoms with Gasteiger partial charge in [0.2, 0.25) is 0 Å². The first-order valence-corrected chi connectivity index (χ1v) is 11.2. The van der Waals surface area contributed by atoms with Gasteiger partial charge in [0.1, 0.15) is 0 Å². The number of ether oxygens (including phenoxy) is 2. The molecule has 6 nitrogen and oxygen atoms in total. The van der Waals surface area contributed by atoms with Gasteiger partial charge < -0.3 is 25.0 Å². The van der Waals surface area contributed by atoms with E-state index in [9.17, 15) is 0 Å². The topological polar surface area (TPSA) is 58.1 Å². The molecule has 1 unspecified atom stereocenters. The van der Waals surface area contributed by atoms with Gasteiger partial charge in [-0.05, 0) is 83.3 Å². The summed E-state index contributed by atoms with van der Waals surface area (Å²) in [5.41, 5.74) is 1.15. The molecule has 1 aromatic rings.